The molecular formula is C27H34N4O3. The molecule has 0 radical (unpaired) electrons. The first-order valence-electron chi connectivity index (χ1n) is 12.5. The third kappa shape index (κ3) is 3.98. The first kappa shape index (κ1) is 22.9. The van der Waals surface area contributed by atoms with Crippen molar-refractivity contribution in [2.75, 3.05) is 18.0 Å². The van der Waals surface area contributed by atoms with Crippen LogP contribution in [0.4, 0.5) is 5.82 Å². The summed E-state index contributed by atoms with van der Waals surface area (Å²) in [5.41, 5.74) is 4.34. The van der Waals surface area contributed by atoms with Crippen LogP contribution in [-0.2, 0) is 17.8 Å². The predicted octanol–water partition coefficient (Wildman–Crippen LogP) is 4.79. The Bertz CT molecular complexity index is 1100. The highest BCUT2D eigenvalue weighted by molar-refractivity contribution is 5.94. The van der Waals surface area contributed by atoms with Gasteiger partial charge in [0.05, 0.1) is 35.3 Å². The molecule has 0 N–H and O–H groups in total. The highest BCUT2D eigenvalue weighted by Gasteiger charge is 2.38. The third-order valence-electron chi connectivity index (χ3n) is 7.71. The highest BCUT2D eigenvalue weighted by atomic mass is 16.5. The molecule has 1 aliphatic carbocycles. The molecule has 2 atom stereocenters. The van der Waals surface area contributed by atoms with E-state index in [1.807, 2.05) is 4.90 Å². The molecule has 2 unspecified atom stereocenters. The summed E-state index contributed by atoms with van der Waals surface area (Å²) in [4.78, 5) is 22.5. The maximum absolute atomic E-state index is 13.1. The zero-order valence-corrected chi connectivity index (χ0v) is 20.6. The second-order valence-electron chi connectivity index (χ2n) is 10.8. The summed E-state index contributed by atoms with van der Waals surface area (Å²) in [5, 5.41) is 10.3. The SMILES string of the molecule is CC1CN(c2nc(C3CCCC3)c3c(c2C#N)CC(C)(C)OC3)CC(C)N1C(=O)c1ccoc1. The van der Waals surface area contributed by atoms with Crippen LogP contribution in [0.2, 0.25) is 0 Å². The minimum Gasteiger partial charge on any atom is -0.472 e. The summed E-state index contributed by atoms with van der Waals surface area (Å²) in [6, 6.07) is 4.18. The van der Waals surface area contributed by atoms with E-state index in [0.717, 1.165) is 35.5 Å². The highest BCUT2D eigenvalue weighted by Crippen LogP contribution is 2.42. The summed E-state index contributed by atoms with van der Waals surface area (Å²) in [5.74, 6) is 1.21. The Labute approximate surface area is 201 Å². The zero-order valence-electron chi connectivity index (χ0n) is 20.6. The van der Waals surface area contributed by atoms with E-state index >= 15 is 0 Å². The van der Waals surface area contributed by atoms with Crippen LogP contribution in [0.25, 0.3) is 0 Å². The van der Waals surface area contributed by atoms with Gasteiger partial charge in [0, 0.05) is 43.1 Å². The summed E-state index contributed by atoms with van der Waals surface area (Å²) in [6.45, 7) is 10.1. The number of nitriles is 1. The molecule has 2 fully saturated rings. The van der Waals surface area contributed by atoms with E-state index in [-0.39, 0.29) is 23.6 Å². The Kier molecular flexibility index (Phi) is 5.89. The lowest BCUT2D eigenvalue weighted by Gasteiger charge is -2.45. The first-order valence-corrected chi connectivity index (χ1v) is 12.5. The molecule has 0 aromatic carbocycles. The van der Waals surface area contributed by atoms with Gasteiger partial charge in [-0.2, -0.15) is 5.26 Å². The number of anilines is 1. The van der Waals surface area contributed by atoms with E-state index in [1.165, 1.54) is 25.4 Å². The number of nitrogens with zero attached hydrogens (tertiary/aromatic N) is 4. The van der Waals surface area contributed by atoms with Gasteiger partial charge in [0.1, 0.15) is 18.2 Å². The number of piperazine rings is 1. The van der Waals surface area contributed by atoms with Gasteiger partial charge in [0.2, 0.25) is 0 Å². The van der Waals surface area contributed by atoms with Gasteiger partial charge in [0.25, 0.3) is 5.91 Å². The summed E-state index contributed by atoms with van der Waals surface area (Å²) < 4.78 is 11.3. The van der Waals surface area contributed by atoms with Crippen LogP contribution in [0.5, 0.6) is 0 Å². The maximum Gasteiger partial charge on any atom is 0.257 e. The molecule has 1 saturated heterocycles. The van der Waals surface area contributed by atoms with Gasteiger partial charge in [-0.1, -0.05) is 12.8 Å². The molecule has 1 saturated carbocycles. The lowest BCUT2D eigenvalue weighted by molar-refractivity contribution is -0.0408. The Balaban J connectivity index is 1.53. The van der Waals surface area contributed by atoms with E-state index in [0.29, 0.717) is 43.2 Å². The van der Waals surface area contributed by atoms with Crippen molar-refractivity contribution in [3.8, 4) is 6.07 Å². The Hall–Kier alpha value is -2.85. The molecule has 2 aromatic heterocycles. The zero-order chi connectivity index (χ0) is 24.0. The van der Waals surface area contributed by atoms with Gasteiger partial charge in [-0.25, -0.2) is 4.98 Å². The molecule has 7 nitrogen and oxygen atoms in total. The lowest BCUT2D eigenvalue weighted by Crippen LogP contribution is -2.59. The third-order valence-corrected chi connectivity index (χ3v) is 7.71. The van der Waals surface area contributed by atoms with Crippen molar-refractivity contribution in [1.82, 2.24) is 9.88 Å². The normalized spacial score (nSPS) is 24.7. The molecule has 34 heavy (non-hydrogen) atoms. The predicted molar refractivity (Wildman–Crippen MR) is 129 cm³/mol. The van der Waals surface area contributed by atoms with Crippen molar-refractivity contribution in [2.24, 2.45) is 0 Å². The van der Waals surface area contributed by atoms with Crippen LogP contribution in [0, 0.1) is 11.3 Å². The second kappa shape index (κ2) is 8.74. The fourth-order valence-corrected chi connectivity index (χ4v) is 6.09. The number of furan rings is 1. The Morgan fingerprint density at radius 3 is 2.50 bits per heavy atom. The number of aromatic nitrogens is 1. The van der Waals surface area contributed by atoms with Crippen LogP contribution in [0.15, 0.2) is 23.0 Å². The average molecular weight is 463 g/mol. The number of pyridine rings is 1. The molecule has 4 heterocycles. The van der Waals surface area contributed by atoms with E-state index in [2.05, 4.69) is 38.7 Å². The number of ether oxygens (including phenoxy) is 1. The number of hydrogen-bond acceptors (Lipinski definition) is 6. The summed E-state index contributed by atoms with van der Waals surface area (Å²) in [7, 11) is 0. The van der Waals surface area contributed by atoms with E-state index in [1.54, 1.807) is 6.07 Å². The number of carbonyl (C=O) groups excluding carboxylic acids is 1. The van der Waals surface area contributed by atoms with Crippen LogP contribution in [0.1, 0.15) is 92.0 Å². The van der Waals surface area contributed by atoms with Crippen molar-refractivity contribution in [2.45, 2.75) is 90.0 Å². The molecule has 1 amide bonds. The van der Waals surface area contributed by atoms with Gasteiger partial charge in [-0.15, -0.1) is 0 Å². The smallest absolute Gasteiger partial charge is 0.257 e. The van der Waals surface area contributed by atoms with Gasteiger partial charge >= 0.3 is 0 Å². The van der Waals surface area contributed by atoms with Gasteiger partial charge in [0.15, 0.2) is 0 Å². The van der Waals surface area contributed by atoms with Crippen molar-refractivity contribution >= 4 is 11.7 Å². The number of hydrogen-bond donors (Lipinski definition) is 0. The molecular weight excluding hydrogens is 428 g/mol. The summed E-state index contributed by atoms with van der Waals surface area (Å²) in [6.07, 6.45) is 8.50. The molecule has 5 rings (SSSR count). The Morgan fingerprint density at radius 2 is 1.88 bits per heavy atom. The fourth-order valence-electron chi connectivity index (χ4n) is 6.09. The number of rotatable bonds is 3. The fraction of sp³-hybridized carbons (Fsp3) is 0.593. The van der Waals surface area contributed by atoms with E-state index in [4.69, 9.17) is 14.1 Å². The van der Waals surface area contributed by atoms with Gasteiger partial charge < -0.3 is 19.0 Å². The molecule has 3 aliphatic rings. The van der Waals surface area contributed by atoms with Crippen molar-refractivity contribution in [3.63, 3.8) is 0 Å². The molecule has 2 aromatic rings. The van der Waals surface area contributed by atoms with Crippen molar-refractivity contribution in [3.05, 3.63) is 46.5 Å². The molecule has 180 valence electrons. The van der Waals surface area contributed by atoms with Crippen LogP contribution < -0.4 is 4.90 Å². The quantitative estimate of drug-likeness (QED) is 0.652. The standard InChI is InChI=1S/C27H34N4O3/c1-17-13-30(14-18(2)31(17)26(32)20-9-10-33-15-20)25-22(12-28)21-11-27(3,4)34-16-23(21)24(29-25)19-7-5-6-8-19/h9-10,15,17-19H,5-8,11,13-14,16H2,1-4H3. The average Bonchev–Trinajstić information content (AvgIpc) is 3.51. The van der Waals surface area contributed by atoms with Crippen molar-refractivity contribution in [1.29, 1.82) is 5.26 Å². The minimum absolute atomic E-state index is 0.0159. The molecule has 2 aliphatic heterocycles. The van der Waals surface area contributed by atoms with Crippen LogP contribution >= 0.6 is 0 Å². The topological polar surface area (TPSA) is 82.6 Å². The number of carbonyl (C=O) groups is 1. The molecule has 7 heteroatoms. The largest absolute Gasteiger partial charge is 0.472 e. The maximum atomic E-state index is 13.1. The molecule has 0 bridgehead atoms. The number of fused-ring (bicyclic) bond motifs is 1. The molecule has 0 spiro atoms. The summed E-state index contributed by atoms with van der Waals surface area (Å²) >= 11 is 0. The monoisotopic (exact) mass is 462 g/mol. The van der Waals surface area contributed by atoms with E-state index < -0.39 is 0 Å². The number of amides is 1. The van der Waals surface area contributed by atoms with Crippen LogP contribution in [-0.4, -0.2) is 46.6 Å². The van der Waals surface area contributed by atoms with Crippen LogP contribution in [0.3, 0.4) is 0 Å². The minimum atomic E-state index is -0.305. The second-order valence-corrected chi connectivity index (χ2v) is 10.8. The lowest BCUT2D eigenvalue weighted by atomic mass is 9.85. The Morgan fingerprint density at radius 1 is 1.18 bits per heavy atom. The first-order chi connectivity index (χ1) is 16.3. The van der Waals surface area contributed by atoms with Gasteiger partial charge in [-0.05, 0) is 52.2 Å². The van der Waals surface area contributed by atoms with Crippen molar-refractivity contribution < 1.29 is 13.9 Å². The van der Waals surface area contributed by atoms with Gasteiger partial charge in [-0.3, -0.25) is 4.79 Å². The van der Waals surface area contributed by atoms with E-state index in [9.17, 15) is 10.1 Å².